The molecular weight excluding hydrogens is 516 g/mol. The number of halogens is 2. The molecule has 2 amide bonds. The zero-order valence-electron chi connectivity index (χ0n) is 22.5. The van der Waals surface area contributed by atoms with Crippen LogP contribution >= 0.6 is 0 Å². The summed E-state index contributed by atoms with van der Waals surface area (Å²) in [5.41, 5.74) is 8.20. The summed E-state index contributed by atoms with van der Waals surface area (Å²) >= 11 is 0. The molecular formula is C31H31F2N3O4. The van der Waals surface area contributed by atoms with E-state index in [1.165, 1.54) is 26.4 Å². The summed E-state index contributed by atoms with van der Waals surface area (Å²) in [6.07, 6.45) is 6.45. The first kappa shape index (κ1) is 29.8. The van der Waals surface area contributed by atoms with Crippen LogP contribution in [0.4, 0.5) is 8.78 Å². The molecule has 0 aliphatic carbocycles. The number of primary amides is 1. The molecule has 0 saturated carbocycles. The first-order valence-corrected chi connectivity index (χ1v) is 12.4. The Morgan fingerprint density at radius 1 is 1.10 bits per heavy atom. The maximum Gasteiger partial charge on any atom is 0.244 e. The Bertz CT molecular complexity index is 1450. The van der Waals surface area contributed by atoms with Gasteiger partial charge in [-0.15, -0.1) is 0 Å². The maximum atomic E-state index is 14.0. The number of pyridine rings is 1. The molecule has 208 valence electrons. The molecule has 0 spiro atoms. The molecule has 1 heterocycles. The van der Waals surface area contributed by atoms with E-state index in [4.69, 9.17) is 15.2 Å². The number of rotatable bonds is 12. The fraction of sp³-hybridized carbons (Fsp3) is 0.194. The van der Waals surface area contributed by atoms with Gasteiger partial charge in [-0.2, -0.15) is 0 Å². The van der Waals surface area contributed by atoms with Crippen LogP contribution in [0.3, 0.4) is 0 Å². The Morgan fingerprint density at radius 3 is 2.48 bits per heavy atom. The third-order valence-corrected chi connectivity index (χ3v) is 6.09. The van der Waals surface area contributed by atoms with Gasteiger partial charge in [-0.05, 0) is 48.7 Å². The third kappa shape index (κ3) is 8.10. The van der Waals surface area contributed by atoms with E-state index in [9.17, 15) is 18.4 Å². The second-order valence-electron chi connectivity index (χ2n) is 8.99. The second kappa shape index (κ2) is 13.8. The predicted octanol–water partition coefficient (Wildman–Crippen LogP) is 5.02. The fourth-order valence-electron chi connectivity index (χ4n) is 4.04. The van der Waals surface area contributed by atoms with E-state index >= 15 is 0 Å². The number of carbonyl (C=O) groups excluding carboxylic acids is 2. The Labute approximate surface area is 232 Å². The van der Waals surface area contributed by atoms with Crippen LogP contribution in [-0.2, 0) is 22.4 Å². The highest BCUT2D eigenvalue weighted by atomic mass is 19.1. The van der Waals surface area contributed by atoms with E-state index in [0.29, 0.717) is 45.0 Å². The number of benzene rings is 2. The van der Waals surface area contributed by atoms with E-state index in [2.05, 4.69) is 16.9 Å². The van der Waals surface area contributed by atoms with Gasteiger partial charge in [0, 0.05) is 35.0 Å². The average molecular weight is 548 g/mol. The molecule has 40 heavy (non-hydrogen) atoms. The Balaban J connectivity index is 1.96. The van der Waals surface area contributed by atoms with E-state index in [1.54, 1.807) is 61.7 Å². The lowest BCUT2D eigenvalue weighted by Crippen LogP contribution is -2.32. The highest BCUT2D eigenvalue weighted by Crippen LogP contribution is 2.28. The van der Waals surface area contributed by atoms with Crippen LogP contribution in [0, 0.1) is 11.6 Å². The lowest BCUT2D eigenvalue weighted by atomic mass is 9.95. The van der Waals surface area contributed by atoms with Gasteiger partial charge in [0.15, 0.2) is 0 Å². The van der Waals surface area contributed by atoms with Gasteiger partial charge >= 0.3 is 0 Å². The number of nitrogens with zero attached hydrogens (tertiary/aromatic N) is 1. The van der Waals surface area contributed by atoms with Crippen molar-refractivity contribution in [3.63, 3.8) is 0 Å². The van der Waals surface area contributed by atoms with Crippen molar-refractivity contribution in [2.75, 3.05) is 14.2 Å². The van der Waals surface area contributed by atoms with Crippen molar-refractivity contribution in [1.82, 2.24) is 10.3 Å². The van der Waals surface area contributed by atoms with Crippen LogP contribution in [0.2, 0.25) is 0 Å². The summed E-state index contributed by atoms with van der Waals surface area (Å²) in [5, 5.41) is 2.96. The van der Waals surface area contributed by atoms with Crippen molar-refractivity contribution < 1.29 is 27.8 Å². The zero-order valence-corrected chi connectivity index (χ0v) is 22.5. The molecule has 7 nitrogen and oxygen atoms in total. The van der Waals surface area contributed by atoms with Crippen LogP contribution in [-0.4, -0.2) is 31.0 Å². The van der Waals surface area contributed by atoms with Crippen LogP contribution in [0.25, 0.3) is 5.57 Å². The monoisotopic (exact) mass is 547 g/mol. The highest BCUT2D eigenvalue weighted by Gasteiger charge is 2.22. The average Bonchev–Trinajstić information content (AvgIpc) is 2.92. The molecule has 9 heteroatoms. The van der Waals surface area contributed by atoms with E-state index in [-0.39, 0.29) is 18.7 Å². The minimum Gasteiger partial charge on any atom is -0.497 e. The predicted molar refractivity (Wildman–Crippen MR) is 150 cm³/mol. The number of allylic oxidation sites excluding steroid dienone is 4. The largest absolute Gasteiger partial charge is 0.497 e. The van der Waals surface area contributed by atoms with Gasteiger partial charge in [-0.25, -0.2) is 8.78 Å². The van der Waals surface area contributed by atoms with Crippen molar-refractivity contribution in [3.8, 4) is 11.5 Å². The molecule has 3 aromatic rings. The van der Waals surface area contributed by atoms with Gasteiger partial charge in [0.25, 0.3) is 0 Å². The standard InChI is InChI=1S/C31H31F2N3O4/c1-19(7-5-8-20(2)31(34)38)26-9-6-12-35-30(26)27(15-21-13-23(32)17-24(33)14-21)36-29(37)16-22-10-11-25(39-3)18-28(22)40-4/h5-14,17-18,27H,1,15-16H2,2-4H3,(H2,34,38)(H,36,37)/b7-5-,20-8+/t27-/m0/s1. The number of aromatic nitrogens is 1. The van der Waals surface area contributed by atoms with Crippen molar-refractivity contribution in [3.05, 3.63) is 119 Å². The highest BCUT2D eigenvalue weighted by molar-refractivity contribution is 5.91. The van der Waals surface area contributed by atoms with Crippen molar-refractivity contribution in [2.24, 2.45) is 5.73 Å². The molecule has 0 bridgehead atoms. The van der Waals surface area contributed by atoms with Crippen LogP contribution in [0.15, 0.2) is 85.1 Å². The van der Waals surface area contributed by atoms with Crippen LogP contribution in [0.1, 0.15) is 35.3 Å². The van der Waals surface area contributed by atoms with Gasteiger partial charge in [0.1, 0.15) is 23.1 Å². The quantitative estimate of drug-likeness (QED) is 0.245. The lowest BCUT2D eigenvalue weighted by molar-refractivity contribution is -0.121. The van der Waals surface area contributed by atoms with Gasteiger partial charge in [0.05, 0.1) is 32.4 Å². The first-order valence-electron chi connectivity index (χ1n) is 12.4. The van der Waals surface area contributed by atoms with E-state index in [0.717, 1.165) is 6.07 Å². The normalized spacial score (nSPS) is 12.2. The molecule has 0 radical (unpaired) electrons. The van der Waals surface area contributed by atoms with Gasteiger partial charge in [-0.1, -0.05) is 36.9 Å². The van der Waals surface area contributed by atoms with Gasteiger partial charge < -0.3 is 20.5 Å². The number of hydrogen-bond acceptors (Lipinski definition) is 5. The smallest absolute Gasteiger partial charge is 0.244 e. The lowest BCUT2D eigenvalue weighted by Gasteiger charge is -2.22. The second-order valence-corrected chi connectivity index (χ2v) is 8.99. The molecule has 0 fully saturated rings. The van der Waals surface area contributed by atoms with Crippen LogP contribution in [0.5, 0.6) is 11.5 Å². The number of hydrogen-bond donors (Lipinski definition) is 2. The maximum absolute atomic E-state index is 14.0. The minimum absolute atomic E-state index is 0.0264. The van der Waals surface area contributed by atoms with Crippen molar-refractivity contribution in [2.45, 2.75) is 25.8 Å². The topological polar surface area (TPSA) is 104 Å². The first-order chi connectivity index (χ1) is 19.1. The summed E-state index contributed by atoms with van der Waals surface area (Å²) in [5.74, 6) is -1.30. The summed E-state index contributed by atoms with van der Waals surface area (Å²) in [6, 6.07) is 11.1. The molecule has 0 aliphatic rings. The molecule has 0 unspecified atom stereocenters. The summed E-state index contributed by atoms with van der Waals surface area (Å²) in [4.78, 5) is 29.1. The van der Waals surface area contributed by atoms with Crippen molar-refractivity contribution in [1.29, 1.82) is 0 Å². The fourth-order valence-corrected chi connectivity index (χ4v) is 4.04. The molecule has 0 saturated heterocycles. The number of nitrogens with one attached hydrogen (secondary N) is 1. The Kier molecular flexibility index (Phi) is 10.3. The van der Waals surface area contributed by atoms with E-state index < -0.39 is 23.6 Å². The third-order valence-electron chi connectivity index (χ3n) is 6.09. The van der Waals surface area contributed by atoms with Gasteiger partial charge in [0.2, 0.25) is 11.8 Å². The molecule has 2 aromatic carbocycles. The minimum atomic E-state index is -0.762. The zero-order chi connectivity index (χ0) is 29.2. The number of methoxy groups -OCH3 is 2. The number of carbonyl (C=O) groups is 2. The summed E-state index contributed by atoms with van der Waals surface area (Å²) in [7, 11) is 3.03. The van der Waals surface area contributed by atoms with Crippen LogP contribution < -0.4 is 20.5 Å². The number of nitrogens with two attached hydrogens (primary N) is 1. The summed E-state index contributed by atoms with van der Waals surface area (Å²) < 4.78 is 38.7. The molecule has 3 rings (SSSR count). The number of amides is 2. The Hall–Kier alpha value is -4.79. The summed E-state index contributed by atoms with van der Waals surface area (Å²) in [6.45, 7) is 5.69. The Morgan fingerprint density at radius 2 is 1.82 bits per heavy atom. The van der Waals surface area contributed by atoms with Crippen molar-refractivity contribution >= 4 is 17.4 Å². The molecule has 0 aliphatic heterocycles. The molecule has 3 N–H and O–H groups in total. The SMILES string of the molecule is C=C(/C=C\C=C(/C)C(N)=O)c1cccnc1[C@H](Cc1cc(F)cc(F)c1)NC(=O)Cc1ccc(OC)cc1OC. The van der Waals surface area contributed by atoms with E-state index in [1.807, 2.05) is 0 Å². The molecule has 1 aromatic heterocycles. The van der Waals surface area contributed by atoms with Gasteiger partial charge in [-0.3, -0.25) is 14.6 Å². The molecule has 1 atom stereocenters. The number of ether oxygens (including phenoxy) is 2.